The number of fused-ring (bicyclic) bond motifs is 1. The molecule has 3 N–H and O–H groups in total. The fraction of sp³-hybridized carbons (Fsp3) is 0.118. The smallest absolute Gasteiger partial charge is 0.276 e. The Morgan fingerprint density at radius 1 is 1.13 bits per heavy atom. The summed E-state index contributed by atoms with van der Waals surface area (Å²) < 4.78 is 0. The number of nitrogens with zero attached hydrogens (tertiary/aromatic N) is 1. The lowest BCUT2D eigenvalue weighted by Crippen LogP contribution is -2.35. The number of nitrogens with one attached hydrogen (secondary N) is 2. The van der Waals surface area contributed by atoms with E-state index in [4.69, 9.17) is 0 Å². The summed E-state index contributed by atoms with van der Waals surface area (Å²) >= 11 is 0. The van der Waals surface area contributed by atoms with E-state index < -0.39 is 17.4 Å². The van der Waals surface area contributed by atoms with Crippen molar-refractivity contribution >= 4 is 16.8 Å². The molecule has 0 radical (unpaired) electrons. The van der Waals surface area contributed by atoms with Crippen molar-refractivity contribution in [1.29, 1.82) is 0 Å². The number of hydrogen-bond acceptors (Lipinski definition) is 4. The molecule has 0 unspecified atom stereocenters. The number of para-hydroxylation sites is 1. The summed E-state index contributed by atoms with van der Waals surface area (Å²) in [5, 5.41) is 19.1. The zero-order chi connectivity index (χ0) is 16.2. The maximum Gasteiger partial charge on any atom is 0.276 e. The average molecular weight is 309 g/mol. The van der Waals surface area contributed by atoms with Crippen molar-refractivity contribution < 1.29 is 9.90 Å². The highest BCUT2D eigenvalue weighted by Gasteiger charge is 2.19. The molecular formula is C17H15N3O3. The number of benzene rings is 2. The molecule has 0 saturated heterocycles. The first-order valence-electron chi connectivity index (χ1n) is 7.15. The van der Waals surface area contributed by atoms with Crippen LogP contribution in [0.1, 0.15) is 22.1 Å². The van der Waals surface area contributed by atoms with Crippen LogP contribution in [0.2, 0.25) is 0 Å². The standard InChI is InChI=1S/C17H15N3O3/c21-10-14(11-6-2-1-3-7-11)18-17(23)15-16(22)12-8-4-5-9-13(12)19-20-15/h1-9,14,21H,10H2,(H,18,23)(H,19,22)/t14-/m1/s1. The maximum atomic E-state index is 12.4. The fourth-order valence-electron chi connectivity index (χ4n) is 2.37. The fourth-order valence-corrected chi connectivity index (χ4v) is 2.37. The minimum absolute atomic E-state index is 0.224. The van der Waals surface area contributed by atoms with Crippen LogP contribution in [-0.4, -0.2) is 27.8 Å². The van der Waals surface area contributed by atoms with Gasteiger partial charge in [0, 0.05) is 5.39 Å². The van der Waals surface area contributed by atoms with Crippen molar-refractivity contribution in [3.63, 3.8) is 0 Å². The molecule has 0 aliphatic carbocycles. The van der Waals surface area contributed by atoms with Gasteiger partial charge in [0.15, 0.2) is 5.69 Å². The third-order valence-electron chi connectivity index (χ3n) is 3.58. The molecule has 1 atom stereocenters. The zero-order valence-corrected chi connectivity index (χ0v) is 12.2. The minimum atomic E-state index is -0.625. The van der Waals surface area contributed by atoms with E-state index in [0.717, 1.165) is 5.56 Å². The van der Waals surface area contributed by atoms with E-state index in [1.807, 2.05) is 18.2 Å². The molecule has 6 nitrogen and oxygen atoms in total. The molecule has 0 fully saturated rings. The molecule has 116 valence electrons. The lowest BCUT2D eigenvalue weighted by molar-refractivity contribution is 0.0909. The van der Waals surface area contributed by atoms with Crippen molar-refractivity contribution in [2.75, 3.05) is 6.61 Å². The van der Waals surface area contributed by atoms with E-state index in [1.54, 1.807) is 36.4 Å². The molecule has 0 aliphatic rings. The molecule has 3 aromatic rings. The van der Waals surface area contributed by atoms with Gasteiger partial charge in [-0.25, -0.2) is 0 Å². The lowest BCUT2D eigenvalue weighted by atomic mass is 10.1. The van der Waals surface area contributed by atoms with E-state index in [-0.39, 0.29) is 12.3 Å². The van der Waals surface area contributed by atoms with Crippen molar-refractivity contribution in [1.82, 2.24) is 15.5 Å². The number of aromatic amines is 1. The molecule has 6 heteroatoms. The Hall–Kier alpha value is -2.99. The zero-order valence-electron chi connectivity index (χ0n) is 12.2. The second-order valence-corrected chi connectivity index (χ2v) is 5.07. The van der Waals surface area contributed by atoms with Gasteiger partial charge in [0.1, 0.15) is 0 Å². The number of amides is 1. The number of hydrogen-bond donors (Lipinski definition) is 3. The molecule has 1 aromatic heterocycles. The molecule has 3 rings (SSSR count). The van der Waals surface area contributed by atoms with Crippen LogP contribution >= 0.6 is 0 Å². The van der Waals surface area contributed by atoms with Crippen LogP contribution in [0.15, 0.2) is 59.4 Å². The molecule has 0 spiro atoms. The van der Waals surface area contributed by atoms with Gasteiger partial charge in [-0.1, -0.05) is 42.5 Å². The van der Waals surface area contributed by atoms with Crippen LogP contribution in [0, 0.1) is 0 Å². The predicted octanol–water partition coefficient (Wildman–Crippen LogP) is 1.39. The van der Waals surface area contributed by atoms with E-state index in [9.17, 15) is 14.7 Å². The Kier molecular flexibility index (Phi) is 4.16. The van der Waals surface area contributed by atoms with E-state index in [0.29, 0.717) is 10.9 Å². The number of aliphatic hydroxyl groups excluding tert-OH is 1. The van der Waals surface area contributed by atoms with Gasteiger partial charge >= 0.3 is 0 Å². The Balaban J connectivity index is 1.91. The first-order valence-corrected chi connectivity index (χ1v) is 7.15. The SMILES string of the molecule is O=C(N[C@H](CO)c1ccccc1)c1n[nH]c2ccccc2c1=O. The molecule has 0 bridgehead atoms. The highest BCUT2D eigenvalue weighted by Crippen LogP contribution is 2.12. The Morgan fingerprint density at radius 2 is 1.83 bits per heavy atom. The van der Waals surface area contributed by atoms with Crippen molar-refractivity contribution in [3.8, 4) is 0 Å². The third kappa shape index (κ3) is 2.97. The average Bonchev–Trinajstić information content (AvgIpc) is 2.60. The van der Waals surface area contributed by atoms with Gasteiger partial charge in [-0.2, -0.15) is 5.10 Å². The number of aromatic nitrogens is 2. The molecule has 0 saturated carbocycles. The summed E-state index contributed by atoms with van der Waals surface area (Å²) in [6, 6.07) is 15.3. The molecule has 23 heavy (non-hydrogen) atoms. The largest absolute Gasteiger partial charge is 0.394 e. The second kappa shape index (κ2) is 6.41. The van der Waals surface area contributed by atoms with Crippen LogP contribution in [-0.2, 0) is 0 Å². The lowest BCUT2D eigenvalue weighted by Gasteiger charge is -2.16. The Morgan fingerprint density at radius 3 is 2.57 bits per heavy atom. The molecule has 1 amide bonds. The summed E-state index contributed by atoms with van der Waals surface area (Å²) in [7, 11) is 0. The number of carbonyl (C=O) groups is 1. The van der Waals surface area contributed by atoms with E-state index >= 15 is 0 Å². The summed E-state index contributed by atoms with van der Waals surface area (Å²) in [6.45, 7) is -0.277. The van der Waals surface area contributed by atoms with Gasteiger partial charge in [-0.3, -0.25) is 14.7 Å². The predicted molar refractivity (Wildman–Crippen MR) is 86.1 cm³/mol. The summed E-state index contributed by atoms with van der Waals surface area (Å²) in [4.78, 5) is 24.7. The van der Waals surface area contributed by atoms with Crippen molar-refractivity contribution in [2.45, 2.75) is 6.04 Å². The third-order valence-corrected chi connectivity index (χ3v) is 3.58. The number of carbonyl (C=O) groups excluding carboxylic acids is 1. The van der Waals surface area contributed by atoms with Gasteiger partial charge < -0.3 is 10.4 Å². The Bertz CT molecular complexity index is 890. The summed E-state index contributed by atoms with van der Waals surface area (Å²) in [5.41, 5.74) is 0.649. The number of H-pyrrole nitrogens is 1. The van der Waals surface area contributed by atoms with E-state index in [1.165, 1.54) is 0 Å². The topological polar surface area (TPSA) is 95.1 Å². The first-order chi connectivity index (χ1) is 11.2. The maximum absolute atomic E-state index is 12.4. The molecule has 0 aliphatic heterocycles. The van der Waals surface area contributed by atoms with Crippen LogP contribution in [0.25, 0.3) is 10.9 Å². The van der Waals surface area contributed by atoms with Crippen molar-refractivity contribution in [3.05, 3.63) is 76.1 Å². The summed E-state index contributed by atoms with van der Waals surface area (Å²) in [5.74, 6) is -0.625. The number of rotatable bonds is 4. The van der Waals surface area contributed by atoms with Crippen LogP contribution in [0.4, 0.5) is 0 Å². The molecule has 2 aromatic carbocycles. The van der Waals surface area contributed by atoms with Crippen LogP contribution < -0.4 is 10.7 Å². The quantitative estimate of drug-likeness (QED) is 0.678. The van der Waals surface area contributed by atoms with Gasteiger partial charge in [0.25, 0.3) is 5.91 Å². The highest BCUT2D eigenvalue weighted by molar-refractivity contribution is 5.95. The van der Waals surface area contributed by atoms with E-state index in [2.05, 4.69) is 15.5 Å². The monoisotopic (exact) mass is 309 g/mol. The van der Waals surface area contributed by atoms with Crippen LogP contribution in [0.5, 0.6) is 0 Å². The Labute approximate surface area is 131 Å². The van der Waals surface area contributed by atoms with Gasteiger partial charge in [-0.15, -0.1) is 0 Å². The second-order valence-electron chi connectivity index (χ2n) is 5.07. The first kappa shape index (κ1) is 14.9. The molecular weight excluding hydrogens is 294 g/mol. The number of aliphatic hydroxyl groups is 1. The highest BCUT2D eigenvalue weighted by atomic mass is 16.3. The molecule has 1 heterocycles. The summed E-state index contributed by atoms with van der Waals surface area (Å²) in [6.07, 6.45) is 0. The minimum Gasteiger partial charge on any atom is -0.394 e. The van der Waals surface area contributed by atoms with Gasteiger partial charge in [0.05, 0.1) is 18.2 Å². The van der Waals surface area contributed by atoms with Gasteiger partial charge in [0.2, 0.25) is 5.43 Å². The normalized spacial score (nSPS) is 12.0. The van der Waals surface area contributed by atoms with Crippen LogP contribution in [0.3, 0.4) is 0 Å². The van der Waals surface area contributed by atoms with Crippen molar-refractivity contribution in [2.24, 2.45) is 0 Å². The van der Waals surface area contributed by atoms with Gasteiger partial charge in [-0.05, 0) is 17.7 Å².